The number of benzene rings is 1. The molecule has 106 valence electrons. The Morgan fingerprint density at radius 1 is 1.40 bits per heavy atom. The molecule has 1 atom stereocenters. The predicted octanol–water partition coefficient (Wildman–Crippen LogP) is 0.930. The highest BCUT2D eigenvalue weighted by Crippen LogP contribution is 2.24. The zero-order valence-corrected chi connectivity index (χ0v) is 11.6. The summed E-state index contributed by atoms with van der Waals surface area (Å²) in [7, 11) is -3.87. The average Bonchev–Trinajstić information content (AvgIpc) is 2.85. The van der Waals surface area contributed by atoms with Gasteiger partial charge in [0.15, 0.2) is 0 Å². The van der Waals surface area contributed by atoms with Gasteiger partial charge in [0.05, 0.1) is 4.90 Å². The minimum Gasteiger partial charge on any atom is -0.480 e. The molecule has 0 saturated carbocycles. The summed E-state index contributed by atoms with van der Waals surface area (Å²) in [6, 6.07) is 3.59. The molecule has 0 radical (unpaired) electrons. The Balaban J connectivity index is 2.26. The van der Waals surface area contributed by atoms with E-state index in [0.29, 0.717) is 0 Å². The van der Waals surface area contributed by atoms with Gasteiger partial charge in [0, 0.05) is 6.42 Å². The van der Waals surface area contributed by atoms with Crippen LogP contribution in [0.5, 0.6) is 0 Å². The van der Waals surface area contributed by atoms with E-state index in [1.165, 1.54) is 6.07 Å². The van der Waals surface area contributed by atoms with Crippen LogP contribution in [0.25, 0.3) is 0 Å². The number of hydrogen-bond acceptors (Lipinski definition) is 3. The Hall–Kier alpha value is -1.84. The summed E-state index contributed by atoms with van der Waals surface area (Å²) < 4.78 is 26.5. The van der Waals surface area contributed by atoms with Crippen LogP contribution in [0, 0.1) is 12.3 Å². The van der Waals surface area contributed by atoms with Crippen molar-refractivity contribution in [3.05, 3.63) is 29.3 Å². The van der Waals surface area contributed by atoms with E-state index in [2.05, 4.69) is 10.6 Å². The van der Waals surface area contributed by atoms with Gasteiger partial charge in [0.2, 0.25) is 10.0 Å². The van der Waals surface area contributed by atoms with Crippen LogP contribution in [0.4, 0.5) is 0 Å². The third-order valence-corrected chi connectivity index (χ3v) is 4.77. The van der Waals surface area contributed by atoms with Crippen LogP contribution in [0.1, 0.15) is 24.0 Å². The minimum absolute atomic E-state index is 0.0846. The standard InChI is InChI=1S/C14H15NO4S/c1-2-4-13(14(16)17)15-20(18,19)12-8-7-10-5-3-6-11(10)9-12/h1,7-9,13,15H,3-6H2,(H,16,17). The van der Waals surface area contributed by atoms with Crippen molar-refractivity contribution in [1.82, 2.24) is 4.72 Å². The summed E-state index contributed by atoms with van der Waals surface area (Å²) in [5, 5.41) is 8.95. The van der Waals surface area contributed by atoms with Crippen molar-refractivity contribution in [1.29, 1.82) is 0 Å². The molecule has 20 heavy (non-hydrogen) atoms. The van der Waals surface area contributed by atoms with Gasteiger partial charge in [-0.2, -0.15) is 4.72 Å². The largest absolute Gasteiger partial charge is 0.480 e. The van der Waals surface area contributed by atoms with Gasteiger partial charge < -0.3 is 5.11 Å². The van der Waals surface area contributed by atoms with Crippen LogP contribution in [0.15, 0.2) is 23.1 Å². The highest BCUT2D eigenvalue weighted by Gasteiger charge is 2.25. The molecule has 1 aromatic carbocycles. The number of carbonyl (C=O) groups is 1. The van der Waals surface area contributed by atoms with Crippen LogP contribution < -0.4 is 4.72 Å². The molecule has 1 aliphatic rings. The van der Waals surface area contributed by atoms with E-state index in [1.54, 1.807) is 12.1 Å². The Morgan fingerprint density at radius 3 is 2.75 bits per heavy atom. The molecule has 0 spiro atoms. The van der Waals surface area contributed by atoms with Crippen LogP contribution in [-0.4, -0.2) is 25.5 Å². The topological polar surface area (TPSA) is 83.5 Å². The maximum atomic E-state index is 12.2. The number of terminal acetylenes is 1. The zero-order valence-electron chi connectivity index (χ0n) is 10.8. The summed E-state index contributed by atoms with van der Waals surface area (Å²) in [5.74, 6) is 0.873. The van der Waals surface area contributed by atoms with Crippen molar-refractivity contribution in [2.24, 2.45) is 0 Å². The second kappa shape index (κ2) is 5.65. The highest BCUT2D eigenvalue weighted by molar-refractivity contribution is 7.89. The fraction of sp³-hybridized carbons (Fsp3) is 0.357. The molecular weight excluding hydrogens is 278 g/mol. The first-order chi connectivity index (χ1) is 9.44. The summed E-state index contributed by atoms with van der Waals surface area (Å²) in [6.07, 6.45) is 7.68. The molecule has 0 fully saturated rings. The molecule has 5 nitrogen and oxygen atoms in total. The van der Waals surface area contributed by atoms with Crippen LogP contribution in [-0.2, 0) is 27.7 Å². The molecule has 0 aromatic heterocycles. The molecule has 2 N–H and O–H groups in total. The fourth-order valence-corrected chi connectivity index (χ4v) is 3.51. The maximum Gasteiger partial charge on any atom is 0.322 e. The Morgan fingerprint density at radius 2 is 2.10 bits per heavy atom. The number of nitrogens with one attached hydrogen (secondary N) is 1. The Labute approximate surface area is 118 Å². The van der Waals surface area contributed by atoms with Crippen LogP contribution in [0.2, 0.25) is 0 Å². The first-order valence-corrected chi connectivity index (χ1v) is 7.73. The molecule has 6 heteroatoms. The zero-order chi connectivity index (χ0) is 14.8. The van der Waals surface area contributed by atoms with Crippen molar-refractivity contribution in [3.8, 4) is 12.3 Å². The Kier molecular flexibility index (Phi) is 4.12. The lowest BCUT2D eigenvalue weighted by atomic mass is 10.1. The highest BCUT2D eigenvalue weighted by atomic mass is 32.2. The van der Waals surface area contributed by atoms with Crippen molar-refractivity contribution in [3.63, 3.8) is 0 Å². The number of fused-ring (bicyclic) bond motifs is 1. The van der Waals surface area contributed by atoms with Gasteiger partial charge in [-0.1, -0.05) is 6.07 Å². The van der Waals surface area contributed by atoms with Crippen LogP contribution in [0.3, 0.4) is 0 Å². The Bertz CT molecular complexity index is 673. The lowest BCUT2D eigenvalue weighted by molar-refractivity contribution is -0.138. The van der Waals surface area contributed by atoms with Gasteiger partial charge in [-0.05, 0) is 42.5 Å². The van der Waals surface area contributed by atoms with Crippen molar-refractivity contribution < 1.29 is 18.3 Å². The van der Waals surface area contributed by atoms with E-state index in [1.807, 2.05) is 0 Å². The van der Waals surface area contributed by atoms with Crippen molar-refractivity contribution in [2.45, 2.75) is 36.6 Å². The van der Waals surface area contributed by atoms with Gasteiger partial charge >= 0.3 is 5.97 Å². The summed E-state index contributed by atoms with van der Waals surface area (Å²) in [6.45, 7) is 0. The first-order valence-electron chi connectivity index (χ1n) is 6.24. The number of sulfonamides is 1. The third kappa shape index (κ3) is 3.00. The minimum atomic E-state index is -3.87. The van der Waals surface area contributed by atoms with Gasteiger partial charge in [0.25, 0.3) is 0 Å². The monoisotopic (exact) mass is 293 g/mol. The van der Waals surface area contributed by atoms with E-state index in [-0.39, 0.29) is 11.3 Å². The number of carboxylic acid groups (broad SMARTS) is 1. The molecule has 2 rings (SSSR count). The number of hydrogen-bond donors (Lipinski definition) is 2. The number of aliphatic carboxylic acids is 1. The van der Waals surface area contributed by atoms with E-state index >= 15 is 0 Å². The van der Waals surface area contributed by atoms with Gasteiger partial charge in [-0.15, -0.1) is 12.3 Å². The summed E-state index contributed by atoms with van der Waals surface area (Å²) >= 11 is 0. The van der Waals surface area contributed by atoms with Crippen LogP contribution >= 0.6 is 0 Å². The van der Waals surface area contributed by atoms with Gasteiger partial charge in [-0.3, -0.25) is 4.79 Å². The number of aryl methyl sites for hydroxylation is 2. The molecule has 1 aliphatic carbocycles. The molecular formula is C14H15NO4S. The summed E-state index contributed by atoms with van der Waals surface area (Å²) in [5.41, 5.74) is 2.17. The molecule has 0 amide bonds. The molecule has 0 saturated heterocycles. The van der Waals surface area contributed by atoms with Crippen molar-refractivity contribution >= 4 is 16.0 Å². The van der Waals surface area contributed by atoms with E-state index in [0.717, 1.165) is 30.4 Å². The van der Waals surface area contributed by atoms with E-state index in [9.17, 15) is 13.2 Å². The van der Waals surface area contributed by atoms with E-state index in [4.69, 9.17) is 11.5 Å². The first kappa shape index (κ1) is 14.6. The maximum absolute atomic E-state index is 12.2. The number of rotatable bonds is 5. The molecule has 1 aromatic rings. The molecule has 0 bridgehead atoms. The lowest BCUT2D eigenvalue weighted by Gasteiger charge is -2.13. The van der Waals surface area contributed by atoms with E-state index < -0.39 is 22.0 Å². The van der Waals surface area contributed by atoms with Gasteiger partial charge in [0.1, 0.15) is 6.04 Å². The number of carboxylic acids is 1. The second-order valence-corrected chi connectivity index (χ2v) is 6.42. The van der Waals surface area contributed by atoms with Crippen molar-refractivity contribution in [2.75, 3.05) is 0 Å². The average molecular weight is 293 g/mol. The smallest absolute Gasteiger partial charge is 0.322 e. The normalized spacial score (nSPS) is 15.3. The quantitative estimate of drug-likeness (QED) is 0.791. The lowest BCUT2D eigenvalue weighted by Crippen LogP contribution is -2.40. The molecule has 0 aliphatic heterocycles. The second-order valence-electron chi connectivity index (χ2n) is 4.70. The molecule has 1 unspecified atom stereocenters. The fourth-order valence-electron chi connectivity index (χ4n) is 2.27. The third-order valence-electron chi connectivity index (χ3n) is 3.30. The molecule has 0 heterocycles. The summed E-state index contributed by atoms with van der Waals surface area (Å²) in [4.78, 5) is 11.0. The SMILES string of the molecule is C#CCC(NS(=O)(=O)c1ccc2c(c1)CCC2)C(=O)O. The van der Waals surface area contributed by atoms with Gasteiger partial charge in [-0.25, -0.2) is 8.42 Å². The predicted molar refractivity (Wildman–Crippen MR) is 73.7 cm³/mol.